The van der Waals surface area contributed by atoms with Gasteiger partial charge in [0.25, 0.3) is 0 Å². The maximum absolute atomic E-state index is 4.58. The Bertz CT molecular complexity index is 330. The molecule has 0 aliphatic rings. The number of hydrogen-bond acceptors (Lipinski definition) is 3. The van der Waals surface area contributed by atoms with Gasteiger partial charge in [-0.3, -0.25) is 4.98 Å². The van der Waals surface area contributed by atoms with Gasteiger partial charge in [0.15, 0.2) is 0 Å². The average molecular weight is 249 g/mol. The van der Waals surface area contributed by atoms with Gasteiger partial charge in [0, 0.05) is 19.1 Å². The summed E-state index contributed by atoms with van der Waals surface area (Å²) >= 11 is 0. The molecule has 102 valence electrons. The number of hydrogen-bond donors (Lipinski definition) is 1. The molecule has 0 aromatic carbocycles. The first-order valence-corrected chi connectivity index (χ1v) is 7.00. The maximum atomic E-state index is 4.58. The van der Waals surface area contributed by atoms with Crippen LogP contribution >= 0.6 is 0 Å². The Morgan fingerprint density at radius 3 is 2.50 bits per heavy atom. The molecule has 1 N–H and O–H groups in total. The lowest BCUT2D eigenvalue weighted by atomic mass is 10.1. The van der Waals surface area contributed by atoms with Crippen LogP contribution in [-0.2, 0) is 0 Å². The lowest BCUT2D eigenvalue weighted by molar-refractivity contribution is 0.561. The van der Waals surface area contributed by atoms with E-state index in [1.807, 2.05) is 13.2 Å². The second-order valence-corrected chi connectivity index (χ2v) is 4.94. The smallest absolute Gasteiger partial charge is 0.0574 e. The van der Waals surface area contributed by atoms with Crippen LogP contribution in [-0.4, -0.2) is 25.1 Å². The van der Waals surface area contributed by atoms with E-state index in [2.05, 4.69) is 55.2 Å². The summed E-state index contributed by atoms with van der Waals surface area (Å²) in [6, 6.07) is 5.23. The van der Waals surface area contributed by atoms with Crippen molar-refractivity contribution in [3.8, 4) is 0 Å². The molecule has 0 amide bonds. The first kappa shape index (κ1) is 15.0. The predicted octanol–water partition coefficient (Wildman–Crippen LogP) is 3.38. The summed E-state index contributed by atoms with van der Waals surface area (Å²) in [6.07, 6.45) is 5.48. The quantitative estimate of drug-likeness (QED) is 0.803. The van der Waals surface area contributed by atoms with Crippen molar-refractivity contribution in [3.05, 3.63) is 24.0 Å². The molecule has 1 aromatic rings. The van der Waals surface area contributed by atoms with Gasteiger partial charge in [-0.25, -0.2) is 0 Å². The highest BCUT2D eigenvalue weighted by Crippen LogP contribution is 2.20. The van der Waals surface area contributed by atoms with Crippen LogP contribution in [0, 0.1) is 0 Å². The first-order valence-electron chi connectivity index (χ1n) is 7.00. The lowest BCUT2D eigenvalue weighted by Crippen LogP contribution is -2.28. The number of rotatable bonds is 7. The van der Waals surface area contributed by atoms with E-state index in [9.17, 15) is 0 Å². The highest BCUT2D eigenvalue weighted by Gasteiger charge is 2.11. The third-order valence-corrected chi connectivity index (χ3v) is 3.66. The van der Waals surface area contributed by atoms with Crippen LogP contribution in [0.1, 0.15) is 51.8 Å². The van der Waals surface area contributed by atoms with Gasteiger partial charge in [0.05, 0.1) is 17.6 Å². The minimum Gasteiger partial charge on any atom is -0.371 e. The van der Waals surface area contributed by atoms with Gasteiger partial charge in [0.2, 0.25) is 0 Å². The normalized spacial score (nSPS) is 14.3. The average Bonchev–Trinajstić information content (AvgIpc) is 2.40. The molecule has 18 heavy (non-hydrogen) atoms. The molecule has 0 radical (unpaired) electrons. The molecule has 0 aliphatic heterocycles. The van der Waals surface area contributed by atoms with Gasteiger partial charge in [0.1, 0.15) is 0 Å². The fourth-order valence-electron chi connectivity index (χ4n) is 2.24. The lowest BCUT2D eigenvalue weighted by Gasteiger charge is -2.27. The number of nitrogens with zero attached hydrogens (tertiary/aromatic N) is 2. The summed E-state index contributed by atoms with van der Waals surface area (Å²) in [4.78, 5) is 6.89. The Morgan fingerprint density at radius 1 is 1.33 bits per heavy atom. The Hall–Kier alpha value is -1.09. The molecule has 1 heterocycles. The van der Waals surface area contributed by atoms with Crippen LogP contribution in [0.15, 0.2) is 18.3 Å². The van der Waals surface area contributed by atoms with Crippen LogP contribution < -0.4 is 10.2 Å². The van der Waals surface area contributed by atoms with E-state index in [0.717, 1.165) is 12.1 Å². The van der Waals surface area contributed by atoms with E-state index in [4.69, 9.17) is 0 Å². The highest BCUT2D eigenvalue weighted by atomic mass is 15.1. The third kappa shape index (κ3) is 3.70. The van der Waals surface area contributed by atoms with Crippen LogP contribution in [0.4, 0.5) is 5.69 Å². The van der Waals surface area contributed by atoms with Gasteiger partial charge in [-0.2, -0.15) is 0 Å². The van der Waals surface area contributed by atoms with Crippen LogP contribution in [0.5, 0.6) is 0 Å². The zero-order valence-electron chi connectivity index (χ0n) is 12.4. The second-order valence-electron chi connectivity index (χ2n) is 4.94. The molecule has 0 spiro atoms. The minimum atomic E-state index is 0.359. The topological polar surface area (TPSA) is 28.2 Å². The number of nitrogens with one attached hydrogen (secondary N) is 1. The van der Waals surface area contributed by atoms with Crippen molar-refractivity contribution in [1.82, 2.24) is 10.3 Å². The number of aromatic nitrogens is 1. The Morgan fingerprint density at radius 2 is 2.06 bits per heavy atom. The molecular weight excluding hydrogens is 222 g/mol. The molecule has 0 saturated heterocycles. The molecule has 0 aliphatic carbocycles. The fraction of sp³-hybridized carbons (Fsp3) is 0.667. The van der Waals surface area contributed by atoms with Gasteiger partial charge < -0.3 is 10.2 Å². The summed E-state index contributed by atoms with van der Waals surface area (Å²) in [6.45, 7) is 6.66. The Balaban J connectivity index is 2.75. The third-order valence-electron chi connectivity index (χ3n) is 3.66. The molecule has 0 bridgehead atoms. The monoisotopic (exact) mass is 249 g/mol. The van der Waals surface area contributed by atoms with Crippen LogP contribution in [0.3, 0.4) is 0 Å². The van der Waals surface area contributed by atoms with E-state index in [1.165, 1.54) is 18.5 Å². The van der Waals surface area contributed by atoms with Gasteiger partial charge in [-0.15, -0.1) is 0 Å². The molecule has 2 unspecified atom stereocenters. The van der Waals surface area contributed by atoms with Crippen molar-refractivity contribution in [2.75, 3.05) is 19.0 Å². The summed E-state index contributed by atoms with van der Waals surface area (Å²) in [5.74, 6) is 0. The predicted molar refractivity (Wildman–Crippen MR) is 79.1 cm³/mol. The minimum absolute atomic E-state index is 0.359. The zero-order chi connectivity index (χ0) is 13.5. The second kappa shape index (κ2) is 7.37. The largest absolute Gasteiger partial charge is 0.371 e. The Labute approximate surface area is 112 Å². The van der Waals surface area contributed by atoms with E-state index >= 15 is 0 Å². The molecule has 1 rings (SSSR count). The van der Waals surface area contributed by atoms with Crippen LogP contribution in [0.2, 0.25) is 0 Å². The van der Waals surface area contributed by atoms with E-state index in [0.29, 0.717) is 12.1 Å². The summed E-state index contributed by atoms with van der Waals surface area (Å²) in [5.41, 5.74) is 2.32. The van der Waals surface area contributed by atoms with Crippen molar-refractivity contribution >= 4 is 5.69 Å². The number of anilines is 1. The molecule has 3 nitrogen and oxygen atoms in total. The maximum Gasteiger partial charge on any atom is 0.0574 e. The van der Waals surface area contributed by atoms with Gasteiger partial charge in [-0.1, -0.05) is 20.3 Å². The van der Waals surface area contributed by atoms with E-state index in [-0.39, 0.29) is 0 Å². The number of pyridine rings is 1. The summed E-state index contributed by atoms with van der Waals surface area (Å²) in [5, 5.41) is 3.28. The van der Waals surface area contributed by atoms with Crippen molar-refractivity contribution in [2.45, 2.75) is 52.1 Å². The molecule has 2 atom stereocenters. The van der Waals surface area contributed by atoms with Crippen LogP contribution in [0.25, 0.3) is 0 Å². The fourth-order valence-corrected chi connectivity index (χ4v) is 2.24. The van der Waals surface area contributed by atoms with Crippen molar-refractivity contribution in [1.29, 1.82) is 0 Å². The standard InChI is InChI=1S/C15H27N3/c1-6-8-12(3)18(5)13-9-10-15(17-11-13)14(7-2)16-4/h9-12,14,16H,6-8H2,1-5H3. The van der Waals surface area contributed by atoms with E-state index in [1.54, 1.807) is 0 Å². The molecule has 0 fully saturated rings. The SMILES string of the molecule is CCCC(C)N(C)c1ccc(C(CC)NC)nc1. The first-order chi connectivity index (χ1) is 8.63. The zero-order valence-corrected chi connectivity index (χ0v) is 12.4. The molecular formula is C15H27N3. The van der Waals surface area contributed by atoms with E-state index < -0.39 is 0 Å². The molecule has 1 aromatic heterocycles. The summed E-state index contributed by atoms with van der Waals surface area (Å²) in [7, 11) is 4.13. The van der Waals surface area contributed by atoms with Gasteiger partial charge >= 0.3 is 0 Å². The highest BCUT2D eigenvalue weighted by molar-refractivity contribution is 5.44. The molecule has 0 saturated carbocycles. The molecule has 3 heteroatoms. The van der Waals surface area contributed by atoms with Crippen molar-refractivity contribution in [3.63, 3.8) is 0 Å². The van der Waals surface area contributed by atoms with Crippen molar-refractivity contribution in [2.24, 2.45) is 0 Å². The van der Waals surface area contributed by atoms with Crippen molar-refractivity contribution < 1.29 is 0 Å². The summed E-state index contributed by atoms with van der Waals surface area (Å²) < 4.78 is 0. The Kier molecular flexibility index (Phi) is 6.13. The van der Waals surface area contributed by atoms with Gasteiger partial charge in [-0.05, 0) is 38.9 Å².